The Morgan fingerprint density at radius 1 is 1.05 bits per heavy atom. The van der Waals surface area contributed by atoms with Crippen LogP contribution in [0.4, 0.5) is 0 Å². The Balaban J connectivity index is 1.57. The molecule has 2 aromatic rings. The predicted molar refractivity (Wildman–Crippen MR) is 90.2 cm³/mol. The van der Waals surface area contributed by atoms with Gasteiger partial charge in [0.05, 0.1) is 0 Å². The first-order chi connectivity index (χ1) is 10.1. The fourth-order valence-electron chi connectivity index (χ4n) is 3.05. The van der Waals surface area contributed by atoms with Crippen molar-refractivity contribution in [2.24, 2.45) is 0 Å². The Morgan fingerprint density at radius 2 is 1.76 bits per heavy atom. The van der Waals surface area contributed by atoms with E-state index in [9.17, 15) is 0 Å². The number of hydrogen-bond acceptors (Lipinski definition) is 1. The number of halogens is 2. The summed E-state index contributed by atoms with van der Waals surface area (Å²) < 4.78 is 0. The Hall–Kier alpha value is -1.02. The molecule has 1 saturated carbocycles. The van der Waals surface area contributed by atoms with Crippen molar-refractivity contribution in [3.05, 3.63) is 69.7 Å². The molecule has 0 aromatic heterocycles. The maximum atomic E-state index is 6.27. The van der Waals surface area contributed by atoms with Gasteiger partial charge in [0.25, 0.3) is 0 Å². The number of hydrogen-bond donors (Lipinski definition) is 1. The number of nitrogens with one attached hydrogen (secondary N) is 1. The van der Waals surface area contributed by atoms with E-state index in [1.165, 1.54) is 18.4 Å². The molecule has 3 rings (SSSR count). The quantitative estimate of drug-likeness (QED) is 0.774. The van der Waals surface area contributed by atoms with E-state index >= 15 is 0 Å². The monoisotopic (exact) mass is 319 g/mol. The molecule has 1 fully saturated rings. The first-order valence-corrected chi connectivity index (χ1v) is 8.15. The van der Waals surface area contributed by atoms with Crippen molar-refractivity contribution >= 4 is 23.2 Å². The van der Waals surface area contributed by atoms with Crippen molar-refractivity contribution in [1.82, 2.24) is 5.32 Å². The SMILES string of the molecule is CC(NC1CC(c2ccccc2)C1)c1ccc(Cl)cc1Cl. The summed E-state index contributed by atoms with van der Waals surface area (Å²) in [6, 6.07) is 17.3. The third kappa shape index (κ3) is 3.42. The van der Waals surface area contributed by atoms with Gasteiger partial charge < -0.3 is 5.32 Å². The van der Waals surface area contributed by atoms with E-state index in [2.05, 4.69) is 42.6 Å². The molecule has 21 heavy (non-hydrogen) atoms. The van der Waals surface area contributed by atoms with Crippen LogP contribution >= 0.6 is 23.2 Å². The van der Waals surface area contributed by atoms with Gasteiger partial charge in [-0.2, -0.15) is 0 Å². The van der Waals surface area contributed by atoms with Crippen LogP contribution < -0.4 is 5.32 Å². The molecule has 1 unspecified atom stereocenters. The highest BCUT2D eigenvalue weighted by Crippen LogP contribution is 2.38. The Bertz CT molecular complexity index is 606. The highest BCUT2D eigenvalue weighted by Gasteiger charge is 2.31. The highest BCUT2D eigenvalue weighted by atomic mass is 35.5. The van der Waals surface area contributed by atoms with Crippen molar-refractivity contribution in [3.63, 3.8) is 0 Å². The second-order valence-corrected chi connectivity index (χ2v) is 6.67. The fourth-order valence-corrected chi connectivity index (χ4v) is 3.62. The van der Waals surface area contributed by atoms with Gasteiger partial charge in [0.2, 0.25) is 0 Å². The van der Waals surface area contributed by atoms with E-state index in [4.69, 9.17) is 23.2 Å². The zero-order chi connectivity index (χ0) is 14.8. The smallest absolute Gasteiger partial charge is 0.0468 e. The number of benzene rings is 2. The van der Waals surface area contributed by atoms with Crippen molar-refractivity contribution in [1.29, 1.82) is 0 Å². The third-order valence-electron chi connectivity index (χ3n) is 4.32. The molecule has 0 amide bonds. The van der Waals surface area contributed by atoms with Crippen molar-refractivity contribution in [2.45, 2.75) is 37.8 Å². The van der Waals surface area contributed by atoms with Crippen LogP contribution in [0.25, 0.3) is 0 Å². The molecule has 0 bridgehead atoms. The normalized spacial score (nSPS) is 22.6. The summed E-state index contributed by atoms with van der Waals surface area (Å²) in [5.41, 5.74) is 2.57. The third-order valence-corrected chi connectivity index (χ3v) is 4.89. The zero-order valence-corrected chi connectivity index (χ0v) is 13.5. The zero-order valence-electron chi connectivity index (χ0n) is 12.0. The minimum atomic E-state index is 0.247. The van der Waals surface area contributed by atoms with E-state index in [0.717, 1.165) is 10.6 Å². The molecule has 1 nitrogen and oxygen atoms in total. The van der Waals surface area contributed by atoms with E-state index < -0.39 is 0 Å². The Labute approximate surface area is 136 Å². The average Bonchev–Trinajstić information content (AvgIpc) is 2.43. The van der Waals surface area contributed by atoms with Gasteiger partial charge in [-0.05, 0) is 48.9 Å². The van der Waals surface area contributed by atoms with Crippen molar-refractivity contribution in [2.75, 3.05) is 0 Å². The molecule has 0 saturated heterocycles. The molecule has 0 radical (unpaired) electrons. The molecule has 0 heterocycles. The second kappa shape index (κ2) is 6.39. The maximum Gasteiger partial charge on any atom is 0.0468 e. The Morgan fingerprint density at radius 3 is 2.43 bits per heavy atom. The number of rotatable bonds is 4. The lowest BCUT2D eigenvalue weighted by molar-refractivity contribution is 0.271. The van der Waals surface area contributed by atoms with Crippen LogP contribution in [0.1, 0.15) is 42.9 Å². The van der Waals surface area contributed by atoms with Crippen LogP contribution in [0.15, 0.2) is 48.5 Å². The van der Waals surface area contributed by atoms with Gasteiger partial charge in [-0.25, -0.2) is 0 Å². The minimum Gasteiger partial charge on any atom is -0.307 e. The van der Waals surface area contributed by atoms with E-state index in [1.54, 1.807) is 0 Å². The van der Waals surface area contributed by atoms with Gasteiger partial charge >= 0.3 is 0 Å². The molecule has 1 aliphatic carbocycles. The summed E-state index contributed by atoms with van der Waals surface area (Å²) >= 11 is 12.2. The van der Waals surface area contributed by atoms with Gasteiger partial charge in [0.15, 0.2) is 0 Å². The Kier molecular flexibility index (Phi) is 4.54. The molecule has 1 aliphatic rings. The van der Waals surface area contributed by atoms with E-state index in [-0.39, 0.29) is 6.04 Å². The molecule has 0 spiro atoms. The van der Waals surface area contributed by atoms with E-state index in [1.807, 2.05) is 18.2 Å². The van der Waals surface area contributed by atoms with Crippen LogP contribution in [0.2, 0.25) is 10.0 Å². The predicted octanol–water partition coefficient (Wildman–Crippen LogP) is 5.59. The molecular formula is C18H19Cl2N. The van der Waals surface area contributed by atoms with Crippen molar-refractivity contribution < 1.29 is 0 Å². The lowest BCUT2D eigenvalue weighted by atomic mass is 9.75. The van der Waals surface area contributed by atoms with Crippen molar-refractivity contribution in [3.8, 4) is 0 Å². The summed E-state index contributed by atoms with van der Waals surface area (Å²) in [5, 5.41) is 5.09. The molecule has 1 atom stereocenters. The van der Waals surface area contributed by atoms with Gasteiger partial charge in [-0.15, -0.1) is 0 Å². The first kappa shape index (κ1) is 14.9. The lowest BCUT2D eigenvalue weighted by Gasteiger charge is -2.38. The molecule has 2 aromatic carbocycles. The fraction of sp³-hybridized carbons (Fsp3) is 0.333. The largest absolute Gasteiger partial charge is 0.307 e. The minimum absolute atomic E-state index is 0.247. The molecule has 110 valence electrons. The van der Waals surface area contributed by atoms with Crippen LogP contribution in [0.3, 0.4) is 0 Å². The van der Waals surface area contributed by atoms with Crippen LogP contribution in [-0.4, -0.2) is 6.04 Å². The first-order valence-electron chi connectivity index (χ1n) is 7.39. The molecule has 3 heteroatoms. The lowest BCUT2D eigenvalue weighted by Crippen LogP contribution is -2.41. The summed E-state index contributed by atoms with van der Waals surface area (Å²) in [6.45, 7) is 2.16. The summed E-state index contributed by atoms with van der Waals surface area (Å²) in [5.74, 6) is 0.691. The van der Waals surface area contributed by atoms with Crippen LogP contribution in [0.5, 0.6) is 0 Å². The summed E-state index contributed by atoms with van der Waals surface area (Å²) in [6.07, 6.45) is 2.39. The summed E-state index contributed by atoms with van der Waals surface area (Å²) in [4.78, 5) is 0. The van der Waals surface area contributed by atoms with Gasteiger partial charge in [0.1, 0.15) is 0 Å². The van der Waals surface area contributed by atoms with Gasteiger partial charge in [-0.3, -0.25) is 0 Å². The van der Waals surface area contributed by atoms with Gasteiger partial charge in [0, 0.05) is 22.1 Å². The molecular weight excluding hydrogens is 301 g/mol. The van der Waals surface area contributed by atoms with Crippen LogP contribution in [0, 0.1) is 0 Å². The average molecular weight is 320 g/mol. The van der Waals surface area contributed by atoms with E-state index in [0.29, 0.717) is 17.0 Å². The summed E-state index contributed by atoms with van der Waals surface area (Å²) in [7, 11) is 0. The highest BCUT2D eigenvalue weighted by molar-refractivity contribution is 6.35. The maximum absolute atomic E-state index is 6.27. The second-order valence-electron chi connectivity index (χ2n) is 5.83. The van der Waals surface area contributed by atoms with Gasteiger partial charge in [-0.1, -0.05) is 59.6 Å². The standard InChI is InChI=1S/C18H19Cl2N/c1-12(17-8-7-15(19)11-18(17)20)21-16-9-14(10-16)13-5-3-2-4-6-13/h2-8,11-12,14,16,21H,9-10H2,1H3. The molecule has 1 N–H and O–H groups in total. The molecule has 0 aliphatic heterocycles. The topological polar surface area (TPSA) is 12.0 Å². The van der Waals surface area contributed by atoms with Crippen LogP contribution in [-0.2, 0) is 0 Å².